The van der Waals surface area contributed by atoms with E-state index in [1.807, 2.05) is 23.5 Å². The molecular weight excluding hydrogens is 928 g/mol. The van der Waals surface area contributed by atoms with Gasteiger partial charge in [-0.3, -0.25) is 0 Å². The van der Waals surface area contributed by atoms with Crippen molar-refractivity contribution < 1.29 is 0 Å². The summed E-state index contributed by atoms with van der Waals surface area (Å²) in [5.41, 5.74) is 18.4. The van der Waals surface area contributed by atoms with Gasteiger partial charge >= 0.3 is 0 Å². The quantitative estimate of drug-likeness (QED) is 0.104. The Kier molecular flexibility index (Phi) is 11.4. The molecule has 1 aliphatic carbocycles. The Morgan fingerprint density at radius 3 is 1.28 bits per heavy atom. The average molecular weight is 987 g/mol. The second-order valence-corrected chi connectivity index (χ2v) is 24.5. The third-order valence-corrected chi connectivity index (χ3v) is 19.4. The molecule has 13 rings (SSSR count). The summed E-state index contributed by atoms with van der Waals surface area (Å²) in [6.07, 6.45) is 6.13. The molecule has 1 atom stereocenters. The first-order valence-corrected chi connectivity index (χ1v) is 28.0. The predicted molar refractivity (Wildman–Crippen MR) is 319 cm³/mol. The van der Waals surface area contributed by atoms with Crippen molar-refractivity contribution in [2.24, 2.45) is 0 Å². The summed E-state index contributed by atoms with van der Waals surface area (Å²) in [6.45, 7) is 14.5. The molecule has 0 nitrogen and oxygen atoms in total. The van der Waals surface area contributed by atoms with E-state index in [1.165, 1.54) is 119 Å². The molecule has 358 valence electrons. The summed E-state index contributed by atoms with van der Waals surface area (Å²) >= 11 is 3.95. The largest absolute Gasteiger partial charge is 0.247 e. The van der Waals surface area contributed by atoms with Crippen LogP contribution in [0.4, 0.5) is 0 Å². The first kappa shape index (κ1) is 46.7. The van der Waals surface area contributed by atoms with Crippen LogP contribution in [0.1, 0.15) is 92.8 Å². The number of allylic oxidation sites excluding steroid dienone is 4. The fourth-order valence-corrected chi connectivity index (χ4v) is 15.2. The molecule has 3 heteroatoms. The van der Waals surface area contributed by atoms with Gasteiger partial charge in [0.1, 0.15) is 0 Å². The Hall–Kier alpha value is -7.04. The minimum absolute atomic E-state index is 0.125. The van der Waals surface area contributed by atoms with Gasteiger partial charge in [-0.15, -0.1) is 0 Å². The number of benzene rings is 10. The topological polar surface area (TPSA) is 0 Å². The highest BCUT2D eigenvalue weighted by molar-refractivity contribution is 8.01. The van der Waals surface area contributed by atoms with Gasteiger partial charge in [0.15, 0.2) is 0 Å². The molecule has 0 spiro atoms. The van der Waals surface area contributed by atoms with E-state index in [-0.39, 0.29) is 28.9 Å². The molecule has 0 saturated heterocycles. The molecule has 74 heavy (non-hydrogen) atoms. The maximum Gasteiger partial charge on any atom is 0.247 e. The van der Waals surface area contributed by atoms with Crippen molar-refractivity contribution in [3.05, 3.63) is 275 Å². The molecule has 3 aliphatic rings. The maximum atomic E-state index is 2.64. The van der Waals surface area contributed by atoms with Crippen LogP contribution in [0.25, 0.3) is 38.2 Å². The van der Waals surface area contributed by atoms with Crippen molar-refractivity contribution in [1.82, 2.24) is 0 Å². The molecule has 10 aromatic rings. The number of fused-ring (bicyclic) bond motifs is 6. The second-order valence-electron chi connectivity index (χ2n) is 22.3. The Morgan fingerprint density at radius 1 is 0.392 bits per heavy atom. The summed E-state index contributed by atoms with van der Waals surface area (Å²) in [6, 6.07) is 82.4. The zero-order chi connectivity index (χ0) is 50.3. The fourth-order valence-electron chi connectivity index (χ4n) is 12.6. The summed E-state index contributed by atoms with van der Waals surface area (Å²) in [4.78, 5) is 5.43. The zero-order valence-corrected chi connectivity index (χ0v) is 44.8. The van der Waals surface area contributed by atoms with E-state index in [1.54, 1.807) is 0 Å². The van der Waals surface area contributed by atoms with Crippen molar-refractivity contribution in [1.29, 1.82) is 0 Å². The third-order valence-electron chi connectivity index (χ3n) is 17.1. The summed E-state index contributed by atoms with van der Waals surface area (Å²) < 4.78 is 0. The van der Waals surface area contributed by atoms with Gasteiger partial charge in [-0.1, -0.05) is 288 Å². The van der Waals surface area contributed by atoms with Crippen LogP contribution in [0.15, 0.2) is 256 Å². The fraction of sp³-hybridized carbons (Fsp3) is 0.155. The first-order valence-electron chi connectivity index (χ1n) is 26.4. The van der Waals surface area contributed by atoms with Gasteiger partial charge < -0.3 is 0 Å². The molecule has 0 aromatic heterocycles. The average Bonchev–Trinajstić information content (AvgIpc) is 3.44. The smallest absolute Gasteiger partial charge is 0.0911 e. The van der Waals surface area contributed by atoms with Crippen molar-refractivity contribution >= 4 is 73.7 Å². The Balaban J connectivity index is 1.02. The lowest BCUT2D eigenvalue weighted by atomic mass is 9.36. The van der Waals surface area contributed by atoms with Gasteiger partial charge in [-0.05, 0) is 113 Å². The molecule has 0 radical (unpaired) electrons. The van der Waals surface area contributed by atoms with Crippen LogP contribution in [0.2, 0.25) is 0 Å². The van der Waals surface area contributed by atoms with Crippen LogP contribution in [0.5, 0.6) is 0 Å². The lowest BCUT2D eigenvalue weighted by molar-refractivity contribution is 0.576. The zero-order valence-electron chi connectivity index (χ0n) is 43.1. The summed E-state index contributed by atoms with van der Waals surface area (Å²) in [5.74, 6) is 0.125. The summed E-state index contributed by atoms with van der Waals surface area (Å²) in [7, 11) is 0. The van der Waals surface area contributed by atoms with Gasteiger partial charge in [0.25, 0.3) is 0 Å². The van der Waals surface area contributed by atoms with E-state index >= 15 is 0 Å². The Morgan fingerprint density at radius 2 is 0.811 bits per heavy atom. The maximum absolute atomic E-state index is 2.64. The number of hydrogen-bond acceptors (Lipinski definition) is 2. The van der Waals surface area contributed by atoms with Crippen molar-refractivity contribution in [2.75, 3.05) is 0 Å². The van der Waals surface area contributed by atoms with Crippen LogP contribution in [-0.4, -0.2) is 6.71 Å². The van der Waals surface area contributed by atoms with Crippen molar-refractivity contribution in [3.63, 3.8) is 0 Å². The van der Waals surface area contributed by atoms with E-state index in [0.29, 0.717) is 0 Å². The second kappa shape index (κ2) is 18.1. The van der Waals surface area contributed by atoms with Gasteiger partial charge in [-0.25, -0.2) is 0 Å². The van der Waals surface area contributed by atoms with Gasteiger partial charge in [0, 0.05) is 41.7 Å². The number of hydrogen-bond donors (Lipinski definition) is 0. The molecule has 0 amide bonds. The first-order chi connectivity index (χ1) is 35.9. The lowest BCUT2D eigenvalue weighted by Gasteiger charge is -2.37. The highest BCUT2D eigenvalue weighted by Gasteiger charge is 2.41. The molecular formula is C71H59BS2. The molecule has 10 aromatic carbocycles. The standard InChI is InChI=1S/C71H59BS2/c1-69(2,50-25-13-8-14-26-50)53-35-37-60-62(44-53)73-64-42-48(43-65-68(64)72(60)61-38-36-54(45-63(61)74-65)70(3,4)51-27-15-9-16-28-51)47-39-49(41-55(40-47)71(5,6)52-29-17-10-18-30-52)67-58-33-21-19-31-56(58)66(46-23-11-7-12-24-46)57-32-20-22-34-59(57)67/h7-40,42-45,49H,41H2,1-6H3. The minimum atomic E-state index is -0.215. The van der Waals surface area contributed by atoms with E-state index in [2.05, 4.69) is 272 Å². The van der Waals surface area contributed by atoms with Crippen LogP contribution in [0, 0.1) is 0 Å². The van der Waals surface area contributed by atoms with Crippen LogP contribution < -0.4 is 16.4 Å². The summed E-state index contributed by atoms with van der Waals surface area (Å²) in [5, 5.41) is 5.27. The van der Waals surface area contributed by atoms with Crippen LogP contribution >= 0.6 is 23.5 Å². The van der Waals surface area contributed by atoms with Crippen LogP contribution in [0.3, 0.4) is 0 Å². The normalized spacial score (nSPS) is 15.3. The third kappa shape index (κ3) is 7.77. The van der Waals surface area contributed by atoms with Gasteiger partial charge in [0.2, 0.25) is 6.71 Å². The molecule has 0 N–H and O–H groups in total. The monoisotopic (exact) mass is 986 g/mol. The Bertz CT molecular complexity index is 3700. The van der Waals surface area contributed by atoms with Crippen LogP contribution in [-0.2, 0) is 16.2 Å². The minimum Gasteiger partial charge on any atom is -0.0911 e. The van der Waals surface area contributed by atoms with Crippen molar-refractivity contribution in [2.45, 2.75) is 89.7 Å². The number of rotatable bonds is 9. The van der Waals surface area contributed by atoms with E-state index < -0.39 is 0 Å². The molecule has 1 unspecified atom stereocenters. The van der Waals surface area contributed by atoms with E-state index in [4.69, 9.17) is 0 Å². The molecule has 0 fully saturated rings. The molecule has 2 heterocycles. The van der Waals surface area contributed by atoms with E-state index in [0.717, 1.165) is 6.42 Å². The van der Waals surface area contributed by atoms with Gasteiger partial charge in [-0.2, -0.15) is 0 Å². The SMILES string of the molecule is CC(C)(C1=CC(c2cc3c4c(c2)Sc2cc(C(C)(C)c5ccccc5)ccc2B4c2ccc(C(C)(C)c4ccccc4)cc2S3)=CC(c2c3ccccc3c(-c3ccccc3)c3ccccc23)C1)c1ccccc1. The molecule has 0 bridgehead atoms. The van der Waals surface area contributed by atoms with E-state index in [9.17, 15) is 0 Å². The predicted octanol–water partition coefficient (Wildman–Crippen LogP) is 17.2. The van der Waals surface area contributed by atoms with Crippen molar-refractivity contribution in [3.8, 4) is 11.1 Å². The van der Waals surface area contributed by atoms with Gasteiger partial charge in [0.05, 0.1) is 0 Å². The molecule has 2 aliphatic heterocycles. The molecule has 0 saturated carbocycles. The Labute approximate surface area is 446 Å². The highest BCUT2D eigenvalue weighted by Crippen LogP contribution is 2.50. The lowest BCUT2D eigenvalue weighted by Crippen LogP contribution is -2.58. The highest BCUT2D eigenvalue weighted by atomic mass is 32.2.